The number of hydrogen-bond acceptors (Lipinski definition) is 1. The predicted octanol–water partition coefficient (Wildman–Crippen LogP) is 3.14. The SMILES string of the molecule is CC1(Cc2ccc(C(C)(C)C)cc2)CNC1. The van der Waals surface area contributed by atoms with Gasteiger partial charge in [0.1, 0.15) is 0 Å². The molecule has 1 aromatic carbocycles. The van der Waals surface area contributed by atoms with Gasteiger partial charge in [-0.25, -0.2) is 0 Å². The molecule has 0 spiro atoms. The average molecular weight is 217 g/mol. The van der Waals surface area contributed by atoms with Crippen LogP contribution in [0.25, 0.3) is 0 Å². The molecule has 1 saturated heterocycles. The van der Waals surface area contributed by atoms with Gasteiger partial charge in [0, 0.05) is 13.1 Å². The predicted molar refractivity (Wildman–Crippen MR) is 69.8 cm³/mol. The second-order valence-electron chi connectivity index (χ2n) is 6.54. The van der Waals surface area contributed by atoms with E-state index in [1.54, 1.807) is 0 Å². The highest BCUT2D eigenvalue weighted by atomic mass is 15.0. The maximum absolute atomic E-state index is 3.36. The fraction of sp³-hybridized carbons (Fsp3) is 0.600. The summed E-state index contributed by atoms with van der Waals surface area (Å²) in [6.07, 6.45) is 1.20. The van der Waals surface area contributed by atoms with Crippen molar-refractivity contribution >= 4 is 0 Å². The Kier molecular flexibility index (Phi) is 2.83. The van der Waals surface area contributed by atoms with E-state index in [2.05, 4.69) is 57.3 Å². The van der Waals surface area contributed by atoms with E-state index < -0.39 is 0 Å². The lowest BCUT2D eigenvalue weighted by molar-refractivity contribution is 0.195. The Morgan fingerprint density at radius 3 is 2.06 bits per heavy atom. The van der Waals surface area contributed by atoms with Gasteiger partial charge in [-0.05, 0) is 28.4 Å². The molecule has 1 N–H and O–H groups in total. The maximum atomic E-state index is 3.36. The Hall–Kier alpha value is -0.820. The Morgan fingerprint density at radius 2 is 1.69 bits per heavy atom. The third-order valence-electron chi connectivity index (χ3n) is 3.55. The van der Waals surface area contributed by atoms with Gasteiger partial charge < -0.3 is 5.32 Å². The standard InChI is InChI=1S/C15H23N/c1-14(2,3)13-7-5-12(6-8-13)9-15(4)10-16-11-15/h5-8,16H,9-11H2,1-4H3. The van der Waals surface area contributed by atoms with Crippen molar-refractivity contribution in [3.63, 3.8) is 0 Å². The van der Waals surface area contributed by atoms with Gasteiger partial charge in [0.05, 0.1) is 0 Å². The van der Waals surface area contributed by atoms with E-state index in [0.29, 0.717) is 5.41 Å². The first-order chi connectivity index (χ1) is 7.39. The minimum absolute atomic E-state index is 0.264. The van der Waals surface area contributed by atoms with Crippen molar-refractivity contribution in [1.29, 1.82) is 0 Å². The highest BCUT2D eigenvalue weighted by Crippen LogP contribution is 2.28. The largest absolute Gasteiger partial charge is 0.316 e. The zero-order valence-electron chi connectivity index (χ0n) is 10.9. The number of benzene rings is 1. The summed E-state index contributed by atoms with van der Waals surface area (Å²) in [4.78, 5) is 0. The van der Waals surface area contributed by atoms with Crippen LogP contribution in [0, 0.1) is 5.41 Å². The van der Waals surface area contributed by atoms with Crippen molar-refractivity contribution in [2.45, 2.75) is 39.5 Å². The van der Waals surface area contributed by atoms with Crippen LogP contribution in [0.2, 0.25) is 0 Å². The molecule has 0 aliphatic carbocycles. The molecule has 1 heteroatoms. The Balaban J connectivity index is 2.08. The van der Waals surface area contributed by atoms with Gasteiger partial charge in [-0.3, -0.25) is 0 Å². The van der Waals surface area contributed by atoms with E-state index in [-0.39, 0.29) is 5.41 Å². The van der Waals surface area contributed by atoms with Crippen LogP contribution in [0.5, 0.6) is 0 Å². The third-order valence-corrected chi connectivity index (χ3v) is 3.55. The zero-order valence-corrected chi connectivity index (χ0v) is 10.9. The van der Waals surface area contributed by atoms with E-state index in [1.807, 2.05) is 0 Å². The number of nitrogens with one attached hydrogen (secondary N) is 1. The van der Waals surface area contributed by atoms with Gasteiger partial charge in [0.2, 0.25) is 0 Å². The van der Waals surface area contributed by atoms with Crippen molar-refractivity contribution in [1.82, 2.24) is 5.32 Å². The number of hydrogen-bond donors (Lipinski definition) is 1. The van der Waals surface area contributed by atoms with E-state index in [9.17, 15) is 0 Å². The molecule has 1 aromatic rings. The monoisotopic (exact) mass is 217 g/mol. The van der Waals surface area contributed by atoms with Crippen LogP contribution >= 0.6 is 0 Å². The molecule has 0 saturated carbocycles. The average Bonchev–Trinajstić information content (AvgIpc) is 2.15. The van der Waals surface area contributed by atoms with Gasteiger partial charge in [0.15, 0.2) is 0 Å². The fourth-order valence-corrected chi connectivity index (χ4v) is 2.29. The molecule has 1 heterocycles. The lowest BCUT2D eigenvalue weighted by Crippen LogP contribution is -2.52. The van der Waals surface area contributed by atoms with Crippen LogP contribution in [-0.2, 0) is 11.8 Å². The van der Waals surface area contributed by atoms with Gasteiger partial charge in [0.25, 0.3) is 0 Å². The minimum Gasteiger partial charge on any atom is -0.316 e. The van der Waals surface area contributed by atoms with Gasteiger partial charge in [-0.15, -0.1) is 0 Å². The van der Waals surface area contributed by atoms with E-state index in [1.165, 1.54) is 17.5 Å². The van der Waals surface area contributed by atoms with E-state index in [4.69, 9.17) is 0 Å². The molecule has 0 radical (unpaired) electrons. The molecule has 0 amide bonds. The van der Waals surface area contributed by atoms with Crippen LogP contribution in [0.3, 0.4) is 0 Å². The normalized spacial score (nSPS) is 19.2. The fourth-order valence-electron chi connectivity index (χ4n) is 2.29. The molecule has 0 aromatic heterocycles. The molecule has 1 fully saturated rings. The number of rotatable bonds is 2. The topological polar surface area (TPSA) is 12.0 Å². The molecule has 0 bridgehead atoms. The van der Waals surface area contributed by atoms with Gasteiger partial charge in [-0.2, -0.15) is 0 Å². The summed E-state index contributed by atoms with van der Waals surface area (Å²) in [5, 5.41) is 3.36. The highest BCUT2D eigenvalue weighted by molar-refractivity contribution is 5.28. The lowest BCUT2D eigenvalue weighted by Gasteiger charge is -2.39. The van der Waals surface area contributed by atoms with Crippen molar-refractivity contribution < 1.29 is 0 Å². The van der Waals surface area contributed by atoms with Crippen molar-refractivity contribution in [2.75, 3.05) is 13.1 Å². The summed E-state index contributed by atoms with van der Waals surface area (Å²) in [6.45, 7) is 11.5. The first kappa shape index (κ1) is 11.7. The van der Waals surface area contributed by atoms with E-state index in [0.717, 1.165) is 13.1 Å². The molecule has 0 unspecified atom stereocenters. The molecule has 0 atom stereocenters. The zero-order chi connectivity index (χ0) is 11.8. The molecule has 1 aliphatic heterocycles. The third kappa shape index (κ3) is 2.46. The van der Waals surface area contributed by atoms with Crippen molar-refractivity contribution in [3.05, 3.63) is 35.4 Å². The summed E-state index contributed by atoms with van der Waals surface area (Å²) in [5.74, 6) is 0. The van der Waals surface area contributed by atoms with Gasteiger partial charge >= 0.3 is 0 Å². The Bertz CT molecular complexity index is 352. The van der Waals surface area contributed by atoms with Gasteiger partial charge in [-0.1, -0.05) is 52.0 Å². The minimum atomic E-state index is 0.264. The van der Waals surface area contributed by atoms with Crippen LogP contribution in [0.1, 0.15) is 38.8 Å². The molecular weight excluding hydrogens is 194 g/mol. The maximum Gasteiger partial charge on any atom is 0.00208 e. The van der Waals surface area contributed by atoms with Crippen molar-refractivity contribution in [2.24, 2.45) is 5.41 Å². The lowest BCUT2D eigenvalue weighted by atomic mass is 9.78. The highest BCUT2D eigenvalue weighted by Gasteiger charge is 2.31. The second kappa shape index (κ2) is 3.89. The molecule has 1 aliphatic rings. The molecule has 16 heavy (non-hydrogen) atoms. The first-order valence-electron chi connectivity index (χ1n) is 6.19. The summed E-state index contributed by atoms with van der Waals surface area (Å²) in [6, 6.07) is 9.16. The second-order valence-corrected chi connectivity index (χ2v) is 6.54. The summed E-state index contributed by atoms with van der Waals surface area (Å²) in [7, 11) is 0. The molecule has 88 valence electrons. The smallest absolute Gasteiger partial charge is 0.00208 e. The van der Waals surface area contributed by atoms with Crippen LogP contribution in [-0.4, -0.2) is 13.1 Å². The molecular formula is C15H23N. The van der Waals surface area contributed by atoms with E-state index >= 15 is 0 Å². The Morgan fingerprint density at radius 1 is 1.12 bits per heavy atom. The van der Waals surface area contributed by atoms with Crippen LogP contribution < -0.4 is 5.32 Å². The summed E-state index contributed by atoms with van der Waals surface area (Å²) in [5.41, 5.74) is 3.65. The van der Waals surface area contributed by atoms with Crippen LogP contribution in [0.15, 0.2) is 24.3 Å². The Labute approximate surface area is 99.3 Å². The van der Waals surface area contributed by atoms with Crippen LogP contribution in [0.4, 0.5) is 0 Å². The quantitative estimate of drug-likeness (QED) is 0.802. The molecule has 2 rings (SSSR count). The summed E-state index contributed by atoms with van der Waals surface area (Å²) >= 11 is 0. The molecule has 1 nitrogen and oxygen atoms in total. The summed E-state index contributed by atoms with van der Waals surface area (Å²) < 4.78 is 0. The van der Waals surface area contributed by atoms with Crippen molar-refractivity contribution in [3.8, 4) is 0 Å². The first-order valence-corrected chi connectivity index (χ1v) is 6.19.